The second kappa shape index (κ2) is 2.86. The third-order valence-electron chi connectivity index (χ3n) is 1.58. The maximum absolute atomic E-state index is 10.7. The van der Waals surface area contributed by atoms with Crippen LogP contribution < -0.4 is 0 Å². The number of ketones is 1. The lowest BCUT2D eigenvalue weighted by molar-refractivity contribution is -0.117. The van der Waals surface area contributed by atoms with Gasteiger partial charge in [-0.3, -0.25) is 9.48 Å². The fraction of sp³-hybridized carbons (Fsp3) is 0.500. The van der Waals surface area contributed by atoms with E-state index in [0.717, 1.165) is 11.3 Å². The number of carbonyl (C=O) groups is 1. The van der Waals surface area contributed by atoms with Crippen LogP contribution in [0.15, 0.2) is 6.20 Å². The highest BCUT2D eigenvalue weighted by Crippen LogP contribution is 2.02. The van der Waals surface area contributed by atoms with Gasteiger partial charge in [0, 0.05) is 6.20 Å². The molecule has 0 N–H and O–H groups in total. The molecule has 1 heterocycles. The molecule has 0 radical (unpaired) electrons. The van der Waals surface area contributed by atoms with Gasteiger partial charge in [-0.15, -0.1) is 0 Å². The number of rotatable bonds is 2. The molecule has 11 heavy (non-hydrogen) atoms. The monoisotopic (exact) mass is 152 g/mol. The van der Waals surface area contributed by atoms with E-state index in [1.54, 1.807) is 11.6 Å². The Morgan fingerprint density at radius 3 is 2.64 bits per heavy atom. The number of aryl methyl sites for hydroxylation is 2. The van der Waals surface area contributed by atoms with Crippen LogP contribution in [0.5, 0.6) is 0 Å². The van der Waals surface area contributed by atoms with E-state index >= 15 is 0 Å². The van der Waals surface area contributed by atoms with Crippen molar-refractivity contribution in [2.24, 2.45) is 0 Å². The summed E-state index contributed by atoms with van der Waals surface area (Å²) in [6, 6.07) is 0. The molecule has 0 fully saturated rings. The molecule has 0 aliphatic rings. The molecular weight excluding hydrogens is 140 g/mol. The van der Waals surface area contributed by atoms with E-state index in [1.807, 2.05) is 20.0 Å². The van der Waals surface area contributed by atoms with Crippen LogP contribution in [0.1, 0.15) is 18.2 Å². The van der Waals surface area contributed by atoms with Crippen molar-refractivity contribution in [3.63, 3.8) is 0 Å². The van der Waals surface area contributed by atoms with Gasteiger partial charge in [0.25, 0.3) is 0 Å². The predicted molar refractivity (Wildman–Crippen MR) is 42.4 cm³/mol. The molecule has 0 unspecified atom stereocenters. The fourth-order valence-electron chi connectivity index (χ4n) is 0.926. The summed E-state index contributed by atoms with van der Waals surface area (Å²) in [5, 5.41) is 4.15. The first-order valence-electron chi connectivity index (χ1n) is 3.59. The van der Waals surface area contributed by atoms with Gasteiger partial charge in [-0.2, -0.15) is 5.10 Å². The molecule has 3 nitrogen and oxygen atoms in total. The van der Waals surface area contributed by atoms with Gasteiger partial charge in [0.2, 0.25) is 0 Å². The zero-order valence-corrected chi connectivity index (χ0v) is 7.09. The molecule has 0 aliphatic carbocycles. The minimum atomic E-state index is 0.132. The number of aromatic nitrogens is 2. The SMILES string of the molecule is CC(=O)Cn1cc(C)c(C)n1. The van der Waals surface area contributed by atoms with Gasteiger partial charge in [-0.1, -0.05) is 0 Å². The van der Waals surface area contributed by atoms with Crippen molar-refractivity contribution in [1.82, 2.24) is 9.78 Å². The average molecular weight is 152 g/mol. The van der Waals surface area contributed by atoms with E-state index in [0.29, 0.717) is 6.54 Å². The lowest BCUT2D eigenvalue weighted by Gasteiger charge is -1.93. The van der Waals surface area contributed by atoms with E-state index in [1.165, 1.54) is 0 Å². The molecule has 0 bridgehead atoms. The molecule has 1 rings (SSSR count). The zero-order chi connectivity index (χ0) is 8.43. The summed E-state index contributed by atoms with van der Waals surface area (Å²) in [6.45, 7) is 5.87. The van der Waals surface area contributed by atoms with Gasteiger partial charge in [0.1, 0.15) is 0 Å². The number of carbonyl (C=O) groups excluding carboxylic acids is 1. The summed E-state index contributed by atoms with van der Waals surface area (Å²) in [5.74, 6) is 0.132. The Bertz CT molecular complexity index is 256. The Morgan fingerprint density at radius 2 is 2.27 bits per heavy atom. The van der Waals surface area contributed by atoms with E-state index < -0.39 is 0 Å². The van der Waals surface area contributed by atoms with Crippen molar-refractivity contribution in [1.29, 1.82) is 0 Å². The van der Waals surface area contributed by atoms with Crippen molar-refractivity contribution >= 4 is 5.78 Å². The molecule has 3 heteroatoms. The lowest BCUT2D eigenvalue weighted by atomic mass is 10.3. The molecule has 1 aromatic rings. The quantitative estimate of drug-likeness (QED) is 0.635. The first-order valence-corrected chi connectivity index (χ1v) is 3.59. The topological polar surface area (TPSA) is 34.9 Å². The van der Waals surface area contributed by atoms with Crippen LogP contribution in [0, 0.1) is 13.8 Å². The molecule has 0 atom stereocenters. The minimum Gasteiger partial charge on any atom is -0.298 e. The molecule has 0 spiro atoms. The van der Waals surface area contributed by atoms with Crippen molar-refractivity contribution in [3.05, 3.63) is 17.5 Å². The van der Waals surface area contributed by atoms with Crippen molar-refractivity contribution in [3.8, 4) is 0 Å². The highest BCUT2D eigenvalue weighted by atomic mass is 16.1. The fourth-order valence-corrected chi connectivity index (χ4v) is 0.926. The van der Waals surface area contributed by atoms with Crippen LogP contribution in [0.3, 0.4) is 0 Å². The third kappa shape index (κ3) is 1.90. The molecule has 60 valence electrons. The van der Waals surface area contributed by atoms with Crippen LogP contribution >= 0.6 is 0 Å². The second-order valence-corrected chi connectivity index (χ2v) is 2.80. The Hall–Kier alpha value is -1.12. The Labute approximate surface area is 66.0 Å². The van der Waals surface area contributed by atoms with Gasteiger partial charge in [-0.25, -0.2) is 0 Å². The average Bonchev–Trinajstić information content (AvgIpc) is 2.10. The number of hydrogen-bond donors (Lipinski definition) is 0. The summed E-state index contributed by atoms with van der Waals surface area (Å²) < 4.78 is 1.67. The van der Waals surface area contributed by atoms with E-state index in [9.17, 15) is 4.79 Å². The summed E-state index contributed by atoms with van der Waals surface area (Å²) in [7, 11) is 0. The van der Waals surface area contributed by atoms with Crippen molar-refractivity contribution in [2.45, 2.75) is 27.3 Å². The second-order valence-electron chi connectivity index (χ2n) is 2.80. The van der Waals surface area contributed by atoms with Crippen LogP contribution in [0.2, 0.25) is 0 Å². The lowest BCUT2D eigenvalue weighted by Crippen LogP contribution is -2.06. The van der Waals surface area contributed by atoms with Crippen molar-refractivity contribution in [2.75, 3.05) is 0 Å². The maximum atomic E-state index is 10.7. The minimum absolute atomic E-state index is 0.132. The van der Waals surface area contributed by atoms with Crippen LogP contribution in [0.25, 0.3) is 0 Å². The third-order valence-corrected chi connectivity index (χ3v) is 1.58. The molecule has 0 saturated heterocycles. The zero-order valence-electron chi connectivity index (χ0n) is 7.09. The first-order chi connectivity index (χ1) is 5.09. The van der Waals surface area contributed by atoms with Gasteiger partial charge >= 0.3 is 0 Å². The largest absolute Gasteiger partial charge is 0.298 e. The number of Topliss-reactive ketones (excluding diaryl/α,β-unsaturated/α-hetero) is 1. The molecule has 0 amide bonds. The van der Waals surface area contributed by atoms with Gasteiger partial charge in [0.15, 0.2) is 5.78 Å². The van der Waals surface area contributed by atoms with Gasteiger partial charge in [0.05, 0.1) is 12.2 Å². The normalized spacial score (nSPS) is 10.1. The predicted octanol–water partition coefficient (Wildman–Crippen LogP) is 1.09. The Morgan fingerprint density at radius 1 is 1.64 bits per heavy atom. The standard InChI is InChI=1S/C8H12N2O/c1-6-4-10(5-7(2)11)9-8(6)3/h4H,5H2,1-3H3. The van der Waals surface area contributed by atoms with E-state index in [4.69, 9.17) is 0 Å². The van der Waals surface area contributed by atoms with E-state index in [2.05, 4.69) is 5.10 Å². The summed E-state index contributed by atoms with van der Waals surface area (Å²) in [5.41, 5.74) is 2.12. The van der Waals surface area contributed by atoms with E-state index in [-0.39, 0.29) is 5.78 Å². The first kappa shape index (κ1) is 7.98. The van der Waals surface area contributed by atoms with Crippen molar-refractivity contribution < 1.29 is 4.79 Å². The van der Waals surface area contributed by atoms with Gasteiger partial charge < -0.3 is 0 Å². The molecule has 0 saturated carbocycles. The maximum Gasteiger partial charge on any atom is 0.151 e. The molecule has 1 aromatic heterocycles. The molecule has 0 aliphatic heterocycles. The smallest absolute Gasteiger partial charge is 0.151 e. The van der Waals surface area contributed by atoms with Crippen LogP contribution in [-0.2, 0) is 11.3 Å². The summed E-state index contributed by atoms with van der Waals surface area (Å²) in [4.78, 5) is 10.7. The molecule has 0 aromatic carbocycles. The summed E-state index contributed by atoms with van der Waals surface area (Å²) in [6.07, 6.45) is 1.89. The number of nitrogens with zero attached hydrogens (tertiary/aromatic N) is 2. The van der Waals surface area contributed by atoms with Crippen LogP contribution in [0.4, 0.5) is 0 Å². The Balaban J connectivity index is 2.81. The molecular formula is C8H12N2O. The highest BCUT2D eigenvalue weighted by molar-refractivity contribution is 5.75. The van der Waals surface area contributed by atoms with Crippen LogP contribution in [-0.4, -0.2) is 15.6 Å². The number of hydrogen-bond acceptors (Lipinski definition) is 2. The Kier molecular flexibility index (Phi) is 2.08. The summed E-state index contributed by atoms with van der Waals surface area (Å²) >= 11 is 0. The highest BCUT2D eigenvalue weighted by Gasteiger charge is 2.00. The van der Waals surface area contributed by atoms with Gasteiger partial charge in [-0.05, 0) is 26.3 Å².